The lowest BCUT2D eigenvalue weighted by molar-refractivity contribution is -0.136. The monoisotopic (exact) mass is 283 g/mol. The molecule has 0 aliphatic carbocycles. The Bertz CT molecular complexity index is 626. The van der Waals surface area contributed by atoms with E-state index in [2.05, 4.69) is 15.6 Å². The van der Waals surface area contributed by atoms with Gasteiger partial charge in [-0.15, -0.1) is 0 Å². The average molecular weight is 283 g/mol. The van der Waals surface area contributed by atoms with E-state index in [-0.39, 0.29) is 0 Å². The van der Waals surface area contributed by atoms with Gasteiger partial charge in [-0.05, 0) is 35.7 Å². The topological polar surface area (TPSA) is 71.1 Å². The second-order valence-corrected chi connectivity index (χ2v) is 4.50. The number of carbonyl (C=O) groups is 2. The first-order valence-corrected chi connectivity index (χ1v) is 6.76. The molecule has 0 radical (unpaired) electrons. The van der Waals surface area contributed by atoms with Crippen LogP contribution in [0.3, 0.4) is 0 Å². The molecule has 0 bridgehead atoms. The van der Waals surface area contributed by atoms with E-state index in [4.69, 9.17) is 0 Å². The van der Waals surface area contributed by atoms with E-state index in [1.165, 1.54) is 0 Å². The van der Waals surface area contributed by atoms with Crippen LogP contribution in [0, 0.1) is 0 Å². The number of anilines is 1. The summed E-state index contributed by atoms with van der Waals surface area (Å²) >= 11 is 0. The summed E-state index contributed by atoms with van der Waals surface area (Å²) in [6, 6.07) is 11.0. The van der Waals surface area contributed by atoms with Gasteiger partial charge >= 0.3 is 11.8 Å². The van der Waals surface area contributed by atoms with Gasteiger partial charge in [0.25, 0.3) is 0 Å². The largest absolute Gasteiger partial charge is 0.344 e. The van der Waals surface area contributed by atoms with E-state index < -0.39 is 11.8 Å². The van der Waals surface area contributed by atoms with Gasteiger partial charge in [-0.1, -0.05) is 25.1 Å². The van der Waals surface area contributed by atoms with Crippen LogP contribution in [0.1, 0.15) is 18.1 Å². The molecule has 0 aliphatic rings. The summed E-state index contributed by atoms with van der Waals surface area (Å²) in [5, 5.41) is 5.21. The number of carbonyl (C=O) groups excluding carboxylic acids is 2. The molecule has 2 amide bonds. The first-order valence-electron chi connectivity index (χ1n) is 6.76. The normalized spacial score (nSPS) is 9.95. The van der Waals surface area contributed by atoms with Crippen LogP contribution in [0.15, 0.2) is 48.8 Å². The maximum atomic E-state index is 11.9. The van der Waals surface area contributed by atoms with Crippen molar-refractivity contribution in [2.45, 2.75) is 19.9 Å². The first-order chi connectivity index (χ1) is 10.2. The molecule has 2 aromatic rings. The van der Waals surface area contributed by atoms with Crippen molar-refractivity contribution in [2.24, 2.45) is 0 Å². The molecule has 0 unspecified atom stereocenters. The fraction of sp³-hybridized carbons (Fsp3) is 0.188. The smallest absolute Gasteiger partial charge is 0.313 e. The number of benzene rings is 1. The number of aryl methyl sites for hydroxylation is 1. The second-order valence-electron chi connectivity index (χ2n) is 4.50. The fourth-order valence-electron chi connectivity index (χ4n) is 1.89. The molecule has 0 saturated heterocycles. The van der Waals surface area contributed by atoms with E-state index in [1.54, 1.807) is 30.6 Å². The molecule has 0 atom stereocenters. The zero-order chi connectivity index (χ0) is 15.1. The van der Waals surface area contributed by atoms with Crippen molar-refractivity contribution < 1.29 is 9.59 Å². The molecule has 1 aromatic carbocycles. The lowest BCUT2D eigenvalue weighted by Crippen LogP contribution is -2.35. The Kier molecular flexibility index (Phi) is 5.04. The number of hydrogen-bond acceptors (Lipinski definition) is 3. The van der Waals surface area contributed by atoms with Crippen LogP contribution < -0.4 is 10.6 Å². The van der Waals surface area contributed by atoms with Crippen molar-refractivity contribution in [1.29, 1.82) is 0 Å². The molecule has 21 heavy (non-hydrogen) atoms. The summed E-state index contributed by atoms with van der Waals surface area (Å²) in [7, 11) is 0. The minimum absolute atomic E-state index is 0.296. The predicted molar refractivity (Wildman–Crippen MR) is 80.5 cm³/mol. The van der Waals surface area contributed by atoms with Crippen molar-refractivity contribution in [3.63, 3.8) is 0 Å². The van der Waals surface area contributed by atoms with Gasteiger partial charge in [0.15, 0.2) is 0 Å². The maximum absolute atomic E-state index is 11.9. The van der Waals surface area contributed by atoms with Crippen LogP contribution >= 0.6 is 0 Å². The van der Waals surface area contributed by atoms with Gasteiger partial charge in [0.1, 0.15) is 0 Å². The Balaban J connectivity index is 1.92. The van der Waals surface area contributed by atoms with Crippen molar-refractivity contribution in [3.05, 3.63) is 59.9 Å². The Morgan fingerprint density at radius 2 is 1.76 bits per heavy atom. The number of pyridine rings is 1. The first kappa shape index (κ1) is 14.7. The van der Waals surface area contributed by atoms with Gasteiger partial charge in [-0.2, -0.15) is 0 Å². The van der Waals surface area contributed by atoms with Gasteiger partial charge < -0.3 is 10.6 Å². The summed E-state index contributed by atoms with van der Waals surface area (Å²) in [4.78, 5) is 27.5. The van der Waals surface area contributed by atoms with Crippen LogP contribution in [0.25, 0.3) is 0 Å². The number of aromatic nitrogens is 1. The zero-order valence-corrected chi connectivity index (χ0v) is 11.8. The minimum atomic E-state index is -0.662. The average Bonchev–Trinajstić information content (AvgIpc) is 2.54. The molecule has 0 fully saturated rings. The minimum Gasteiger partial charge on any atom is -0.344 e. The highest BCUT2D eigenvalue weighted by molar-refractivity contribution is 6.39. The lowest BCUT2D eigenvalue weighted by Gasteiger charge is -2.09. The summed E-state index contributed by atoms with van der Waals surface area (Å²) in [6.07, 6.45) is 4.06. The number of hydrogen-bond donors (Lipinski definition) is 2. The van der Waals surface area contributed by atoms with E-state index in [0.29, 0.717) is 12.2 Å². The molecule has 5 heteroatoms. The summed E-state index contributed by atoms with van der Waals surface area (Å²) in [5.74, 6) is -1.32. The summed E-state index contributed by atoms with van der Waals surface area (Å²) in [5.41, 5.74) is 2.55. The highest BCUT2D eigenvalue weighted by atomic mass is 16.2. The molecule has 2 rings (SSSR count). The third-order valence-electron chi connectivity index (χ3n) is 3.06. The molecule has 0 spiro atoms. The third kappa shape index (κ3) is 4.14. The standard InChI is InChI=1S/C16H17N3O2/c1-2-13-5-3-4-6-14(13)19-16(21)15(20)18-11-12-7-9-17-10-8-12/h3-10H,2,11H2,1H3,(H,18,20)(H,19,21). The van der Waals surface area contributed by atoms with Crippen LogP contribution in [0.4, 0.5) is 5.69 Å². The fourth-order valence-corrected chi connectivity index (χ4v) is 1.89. The number of nitrogens with one attached hydrogen (secondary N) is 2. The quantitative estimate of drug-likeness (QED) is 0.842. The highest BCUT2D eigenvalue weighted by Gasteiger charge is 2.14. The van der Waals surface area contributed by atoms with Crippen molar-refractivity contribution >= 4 is 17.5 Å². The van der Waals surface area contributed by atoms with Crippen molar-refractivity contribution in [2.75, 3.05) is 5.32 Å². The molecular formula is C16H17N3O2. The Labute approximate surface area is 123 Å². The Morgan fingerprint density at radius 3 is 2.48 bits per heavy atom. The van der Waals surface area contributed by atoms with Crippen molar-refractivity contribution in [3.8, 4) is 0 Å². The van der Waals surface area contributed by atoms with Crippen LogP contribution in [-0.4, -0.2) is 16.8 Å². The molecule has 108 valence electrons. The third-order valence-corrected chi connectivity index (χ3v) is 3.06. The number of rotatable bonds is 4. The second kappa shape index (κ2) is 7.19. The molecule has 1 aromatic heterocycles. The number of para-hydroxylation sites is 1. The molecule has 0 saturated carbocycles. The van der Waals surface area contributed by atoms with Crippen LogP contribution in [-0.2, 0) is 22.6 Å². The molecule has 5 nitrogen and oxygen atoms in total. The summed E-state index contributed by atoms with van der Waals surface area (Å²) < 4.78 is 0. The molecule has 1 heterocycles. The van der Waals surface area contributed by atoms with E-state index >= 15 is 0 Å². The Hall–Kier alpha value is -2.69. The van der Waals surface area contributed by atoms with E-state index in [1.807, 2.05) is 25.1 Å². The Morgan fingerprint density at radius 1 is 1.05 bits per heavy atom. The van der Waals surface area contributed by atoms with E-state index in [0.717, 1.165) is 17.5 Å². The predicted octanol–water partition coefficient (Wildman–Crippen LogP) is 1.90. The van der Waals surface area contributed by atoms with Crippen LogP contribution in [0.2, 0.25) is 0 Å². The summed E-state index contributed by atoms with van der Waals surface area (Å²) in [6.45, 7) is 2.29. The van der Waals surface area contributed by atoms with Crippen molar-refractivity contribution in [1.82, 2.24) is 10.3 Å². The molecule has 0 aliphatic heterocycles. The number of nitrogens with zero attached hydrogens (tertiary/aromatic N) is 1. The maximum Gasteiger partial charge on any atom is 0.313 e. The molecular weight excluding hydrogens is 266 g/mol. The van der Waals surface area contributed by atoms with Gasteiger partial charge in [0, 0.05) is 24.6 Å². The zero-order valence-electron chi connectivity index (χ0n) is 11.8. The van der Waals surface area contributed by atoms with Gasteiger partial charge in [0.2, 0.25) is 0 Å². The van der Waals surface area contributed by atoms with Crippen LogP contribution in [0.5, 0.6) is 0 Å². The van der Waals surface area contributed by atoms with Gasteiger partial charge in [0.05, 0.1) is 0 Å². The lowest BCUT2D eigenvalue weighted by atomic mass is 10.1. The van der Waals surface area contributed by atoms with E-state index in [9.17, 15) is 9.59 Å². The molecule has 2 N–H and O–H groups in total. The van der Waals surface area contributed by atoms with Gasteiger partial charge in [-0.25, -0.2) is 0 Å². The highest BCUT2D eigenvalue weighted by Crippen LogP contribution is 2.15. The van der Waals surface area contributed by atoms with Gasteiger partial charge in [-0.3, -0.25) is 14.6 Å². The SMILES string of the molecule is CCc1ccccc1NC(=O)C(=O)NCc1ccncc1. The number of amides is 2.